The highest BCUT2D eigenvalue weighted by Gasteiger charge is 2.01. The minimum Gasteiger partial charge on any atom is -0.481 e. The summed E-state index contributed by atoms with van der Waals surface area (Å²) >= 11 is 0. The number of carboxylic acids is 1. The van der Waals surface area contributed by atoms with Crippen molar-refractivity contribution in [3.8, 4) is 0 Å². The van der Waals surface area contributed by atoms with Crippen LogP contribution in [0.1, 0.15) is 6.42 Å². The van der Waals surface area contributed by atoms with Gasteiger partial charge in [0.05, 0.1) is 6.42 Å². The lowest BCUT2D eigenvalue weighted by Crippen LogP contribution is -2.09. The molecule has 0 fully saturated rings. The lowest BCUT2D eigenvalue weighted by atomic mass is 10.3. The smallest absolute Gasteiger partial charge is 0.309 e. The van der Waals surface area contributed by atoms with Crippen LogP contribution in [0.25, 0.3) is 0 Å². The predicted octanol–water partition coefficient (Wildman–Crippen LogP) is 0.490. The summed E-state index contributed by atoms with van der Waals surface area (Å²) in [6, 6.07) is 0. The Bertz CT molecular complexity index is 241. The second kappa shape index (κ2) is 3.55. The number of rotatable bonds is 2. The molecule has 0 aromatic rings. The third-order valence-electron chi connectivity index (χ3n) is 1.12. The Morgan fingerprint density at radius 3 is 3.18 bits per heavy atom. The summed E-state index contributed by atoms with van der Waals surface area (Å²) in [4.78, 5) is 10.2. The van der Waals surface area contributed by atoms with Crippen LogP contribution >= 0.6 is 0 Å². The summed E-state index contributed by atoms with van der Waals surface area (Å²) in [6.07, 6.45) is 6.68. The van der Waals surface area contributed by atoms with Gasteiger partial charge in [0.2, 0.25) is 0 Å². The summed E-state index contributed by atoms with van der Waals surface area (Å²) in [5, 5.41) is 12.1. The molecule has 11 heavy (non-hydrogen) atoms. The molecule has 58 valence electrons. The zero-order valence-corrected chi connectivity index (χ0v) is 5.82. The first-order chi connectivity index (χ1) is 5.29. The summed E-state index contributed by atoms with van der Waals surface area (Å²) in [7, 11) is 0. The van der Waals surface area contributed by atoms with Gasteiger partial charge < -0.3 is 5.11 Å². The molecule has 1 heterocycles. The Balaban J connectivity index is 2.57. The van der Waals surface area contributed by atoms with Gasteiger partial charge in [0.25, 0.3) is 0 Å². The van der Waals surface area contributed by atoms with Gasteiger partial charge in [-0.25, -0.2) is 0 Å². The fraction of sp³-hybridized carbons (Fsp3) is 0.143. The molecule has 0 atom stereocenters. The lowest BCUT2D eigenvalue weighted by molar-refractivity contribution is -0.136. The molecule has 0 bridgehead atoms. The first-order valence-electron chi connectivity index (χ1n) is 3.16. The molecule has 0 saturated heterocycles. The van der Waals surface area contributed by atoms with E-state index in [1.807, 2.05) is 0 Å². The average Bonchev–Trinajstić information content (AvgIpc) is 2.14. The highest BCUT2D eigenvalue weighted by Crippen LogP contribution is 1.98. The Kier molecular flexibility index (Phi) is 2.43. The van der Waals surface area contributed by atoms with Gasteiger partial charge in [-0.15, -0.1) is 0 Å². The van der Waals surface area contributed by atoms with Gasteiger partial charge in [0, 0.05) is 11.9 Å². The monoisotopic (exact) mass is 152 g/mol. The van der Waals surface area contributed by atoms with Crippen molar-refractivity contribution < 1.29 is 9.90 Å². The second-order valence-electron chi connectivity index (χ2n) is 2.04. The molecule has 0 spiro atoms. The van der Waals surface area contributed by atoms with Crippen molar-refractivity contribution >= 4 is 12.2 Å². The minimum atomic E-state index is -0.866. The van der Waals surface area contributed by atoms with Crippen molar-refractivity contribution in [1.29, 1.82) is 0 Å². The molecule has 0 aromatic heterocycles. The molecule has 0 amide bonds. The normalized spacial score (nSPS) is 15.1. The van der Waals surface area contributed by atoms with Gasteiger partial charge in [0.15, 0.2) is 0 Å². The summed E-state index contributed by atoms with van der Waals surface area (Å²) in [5.74, 6) is -0.866. The number of hydrazone groups is 1. The van der Waals surface area contributed by atoms with Crippen LogP contribution < -0.4 is 5.43 Å². The van der Waals surface area contributed by atoms with Gasteiger partial charge in [-0.3, -0.25) is 10.2 Å². The highest BCUT2D eigenvalue weighted by molar-refractivity contribution is 5.73. The molecule has 0 radical (unpaired) electrons. The summed E-state index contributed by atoms with van der Waals surface area (Å²) < 4.78 is 0. The van der Waals surface area contributed by atoms with E-state index in [2.05, 4.69) is 10.5 Å². The predicted molar refractivity (Wildman–Crippen MR) is 41.1 cm³/mol. The van der Waals surface area contributed by atoms with Gasteiger partial charge in [-0.1, -0.05) is 6.08 Å². The number of allylic oxidation sites excluding steroid dienone is 3. The van der Waals surface area contributed by atoms with Crippen LogP contribution in [-0.4, -0.2) is 17.3 Å². The summed E-state index contributed by atoms with van der Waals surface area (Å²) in [6.45, 7) is 0. The first-order valence-corrected chi connectivity index (χ1v) is 3.16. The average molecular weight is 152 g/mol. The molecule has 0 aliphatic carbocycles. The number of aliphatic carboxylic acids is 1. The quantitative estimate of drug-likeness (QED) is 0.605. The van der Waals surface area contributed by atoms with Crippen molar-refractivity contribution in [3.63, 3.8) is 0 Å². The van der Waals surface area contributed by atoms with E-state index >= 15 is 0 Å². The van der Waals surface area contributed by atoms with E-state index in [9.17, 15) is 4.79 Å². The Labute approximate surface area is 63.9 Å². The maximum atomic E-state index is 10.2. The fourth-order valence-electron chi connectivity index (χ4n) is 0.683. The zero-order chi connectivity index (χ0) is 8.10. The van der Waals surface area contributed by atoms with Gasteiger partial charge >= 0.3 is 5.97 Å². The molecule has 0 saturated carbocycles. The van der Waals surface area contributed by atoms with Gasteiger partial charge in [-0.2, -0.15) is 5.10 Å². The molecule has 4 heteroatoms. The van der Waals surface area contributed by atoms with Crippen LogP contribution in [0.3, 0.4) is 0 Å². The van der Waals surface area contributed by atoms with Crippen molar-refractivity contribution in [2.75, 3.05) is 0 Å². The number of hydrogen-bond acceptors (Lipinski definition) is 3. The number of carbonyl (C=O) groups is 1. The van der Waals surface area contributed by atoms with Gasteiger partial charge in [0.1, 0.15) is 0 Å². The van der Waals surface area contributed by atoms with E-state index in [0.717, 1.165) is 0 Å². The van der Waals surface area contributed by atoms with Crippen molar-refractivity contribution in [2.24, 2.45) is 5.10 Å². The SMILES string of the molecule is O=C(O)CC1=CC=CC=NN1. The first kappa shape index (κ1) is 7.53. The van der Waals surface area contributed by atoms with Gasteiger partial charge in [-0.05, 0) is 12.2 Å². The van der Waals surface area contributed by atoms with Crippen LogP contribution in [0.2, 0.25) is 0 Å². The van der Waals surface area contributed by atoms with E-state index < -0.39 is 5.97 Å². The topological polar surface area (TPSA) is 61.7 Å². The molecular formula is C7H8N2O2. The lowest BCUT2D eigenvalue weighted by Gasteiger charge is -1.99. The van der Waals surface area contributed by atoms with Crippen LogP contribution in [-0.2, 0) is 4.79 Å². The molecule has 2 N–H and O–H groups in total. The van der Waals surface area contributed by atoms with Crippen molar-refractivity contribution in [3.05, 3.63) is 23.9 Å². The van der Waals surface area contributed by atoms with E-state index in [1.165, 1.54) is 0 Å². The van der Waals surface area contributed by atoms with Crippen molar-refractivity contribution in [2.45, 2.75) is 6.42 Å². The van der Waals surface area contributed by atoms with E-state index in [1.54, 1.807) is 24.4 Å². The summed E-state index contributed by atoms with van der Waals surface area (Å²) in [5.41, 5.74) is 3.19. The molecule has 1 aliphatic heterocycles. The molecule has 0 aromatic carbocycles. The maximum absolute atomic E-state index is 10.2. The number of nitrogens with zero attached hydrogens (tertiary/aromatic N) is 1. The molecule has 1 aliphatic rings. The Morgan fingerprint density at radius 2 is 2.45 bits per heavy atom. The van der Waals surface area contributed by atoms with E-state index in [4.69, 9.17) is 5.11 Å². The number of carboxylic acid groups (broad SMARTS) is 1. The minimum absolute atomic E-state index is 0.0261. The van der Waals surface area contributed by atoms with Crippen molar-refractivity contribution in [1.82, 2.24) is 5.43 Å². The van der Waals surface area contributed by atoms with Crippen LogP contribution in [0.5, 0.6) is 0 Å². The maximum Gasteiger partial charge on any atom is 0.309 e. The van der Waals surface area contributed by atoms with Crippen LogP contribution in [0.4, 0.5) is 0 Å². The zero-order valence-electron chi connectivity index (χ0n) is 5.82. The van der Waals surface area contributed by atoms with E-state index in [0.29, 0.717) is 5.70 Å². The largest absolute Gasteiger partial charge is 0.481 e. The van der Waals surface area contributed by atoms with Crippen LogP contribution in [0.15, 0.2) is 29.0 Å². The standard InChI is InChI=1S/C7H8N2O2/c10-7(11)5-6-3-1-2-4-8-9-6/h1-4,9H,5H2,(H,10,11). The van der Waals surface area contributed by atoms with E-state index in [-0.39, 0.29) is 6.42 Å². The Morgan fingerprint density at radius 1 is 1.64 bits per heavy atom. The van der Waals surface area contributed by atoms with Crippen LogP contribution in [0, 0.1) is 0 Å². The molecule has 0 unspecified atom stereocenters. The number of hydrogen-bond donors (Lipinski definition) is 2. The third-order valence-corrected chi connectivity index (χ3v) is 1.12. The number of nitrogens with one attached hydrogen (secondary N) is 1. The molecule has 4 nitrogen and oxygen atoms in total. The molecular weight excluding hydrogens is 144 g/mol. The molecule has 1 rings (SSSR count). The second-order valence-corrected chi connectivity index (χ2v) is 2.04. The highest BCUT2D eigenvalue weighted by atomic mass is 16.4. The Hall–Kier alpha value is -1.58. The fourth-order valence-corrected chi connectivity index (χ4v) is 0.683. The third kappa shape index (κ3) is 2.66.